The van der Waals surface area contributed by atoms with Gasteiger partial charge in [0.15, 0.2) is 0 Å². The number of rotatable bonds is 5. The molecular formula is C14H16BrN3O3. The zero-order valence-corrected chi connectivity index (χ0v) is 13.4. The van der Waals surface area contributed by atoms with E-state index in [0.29, 0.717) is 17.0 Å². The highest BCUT2D eigenvalue weighted by atomic mass is 79.9. The van der Waals surface area contributed by atoms with Crippen molar-refractivity contribution in [3.8, 4) is 11.6 Å². The van der Waals surface area contributed by atoms with Crippen LogP contribution in [-0.4, -0.2) is 26.5 Å². The molecule has 0 aliphatic heterocycles. The highest BCUT2D eigenvalue weighted by Crippen LogP contribution is 2.19. The smallest absolute Gasteiger partial charge is 0.281 e. The number of aromatic nitrogens is 3. The van der Waals surface area contributed by atoms with Gasteiger partial charge in [0, 0.05) is 24.7 Å². The Labute approximate surface area is 130 Å². The zero-order chi connectivity index (χ0) is 15.4. The van der Waals surface area contributed by atoms with Gasteiger partial charge in [0.05, 0.1) is 17.3 Å². The summed E-state index contributed by atoms with van der Waals surface area (Å²) >= 11 is 3.17. The van der Waals surface area contributed by atoms with Crippen LogP contribution in [0.15, 0.2) is 33.7 Å². The Hall–Kier alpha value is -1.89. The number of hydrogen-bond acceptors (Lipinski definition) is 5. The third-order valence-corrected chi connectivity index (χ3v) is 3.64. The Bertz CT molecular complexity index is 644. The van der Waals surface area contributed by atoms with E-state index in [2.05, 4.69) is 26.0 Å². The van der Waals surface area contributed by atoms with Crippen LogP contribution in [-0.2, 0) is 7.05 Å². The van der Waals surface area contributed by atoms with E-state index in [1.807, 2.05) is 6.92 Å². The Kier molecular flexibility index (Phi) is 4.95. The molecule has 0 spiro atoms. The first-order chi connectivity index (χ1) is 9.97. The highest BCUT2D eigenvalue weighted by Gasteiger charge is 2.09. The molecule has 0 aliphatic carbocycles. The summed E-state index contributed by atoms with van der Waals surface area (Å²) in [6.07, 6.45) is 2.18. The summed E-state index contributed by atoms with van der Waals surface area (Å²) in [5.74, 6) is 0.748. The van der Waals surface area contributed by atoms with Gasteiger partial charge < -0.3 is 9.84 Å². The molecule has 1 atom stereocenters. The first-order valence-corrected chi connectivity index (χ1v) is 7.28. The van der Waals surface area contributed by atoms with Crippen LogP contribution in [0.3, 0.4) is 0 Å². The topological polar surface area (TPSA) is 77.2 Å². The SMILES string of the molecule is CC(CCOc1cc(Br)c(=O)n(C)n1)c1ccc(O)cn1. The van der Waals surface area contributed by atoms with Gasteiger partial charge in [-0.05, 0) is 34.5 Å². The largest absolute Gasteiger partial charge is 0.506 e. The van der Waals surface area contributed by atoms with Crippen molar-refractivity contribution in [1.29, 1.82) is 0 Å². The second-order valence-corrected chi connectivity index (χ2v) is 5.59. The van der Waals surface area contributed by atoms with Crippen molar-refractivity contribution in [2.24, 2.45) is 7.05 Å². The molecule has 1 N–H and O–H groups in total. The first kappa shape index (κ1) is 15.5. The van der Waals surface area contributed by atoms with E-state index in [0.717, 1.165) is 12.1 Å². The maximum Gasteiger partial charge on any atom is 0.281 e. The molecule has 1 unspecified atom stereocenters. The molecule has 2 aromatic rings. The quantitative estimate of drug-likeness (QED) is 0.891. The van der Waals surface area contributed by atoms with E-state index < -0.39 is 0 Å². The van der Waals surface area contributed by atoms with E-state index in [-0.39, 0.29) is 17.2 Å². The minimum Gasteiger partial charge on any atom is -0.506 e. The Morgan fingerprint density at radius 2 is 2.24 bits per heavy atom. The van der Waals surface area contributed by atoms with Crippen LogP contribution >= 0.6 is 15.9 Å². The van der Waals surface area contributed by atoms with Gasteiger partial charge in [-0.15, -0.1) is 5.10 Å². The Morgan fingerprint density at radius 3 is 2.86 bits per heavy atom. The molecule has 112 valence electrons. The van der Waals surface area contributed by atoms with Crippen LogP contribution < -0.4 is 10.3 Å². The summed E-state index contributed by atoms with van der Waals surface area (Å²) < 4.78 is 7.21. The first-order valence-electron chi connectivity index (χ1n) is 6.49. The maximum absolute atomic E-state index is 11.5. The third-order valence-electron chi connectivity index (χ3n) is 3.07. The van der Waals surface area contributed by atoms with Gasteiger partial charge in [-0.2, -0.15) is 0 Å². The molecule has 0 aliphatic rings. The van der Waals surface area contributed by atoms with Gasteiger partial charge in [-0.3, -0.25) is 9.78 Å². The summed E-state index contributed by atoms with van der Waals surface area (Å²) in [6.45, 7) is 2.49. The molecule has 7 heteroatoms. The lowest BCUT2D eigenvalue weighted by Gasteiger charge is -2.12. The standard InChI is InChI=1S/C14H16BrN3O3/c1-9(12-4-3-10(19)8-16-12)5-6-21-13-7-11(15)14(20)18(2)17-13/h3-4,7-9,19H,5-6H2,1-2H3. The lowest BCUT2D eigenvalue weighted by atomic mass is 10.0. The van der Waals surface area contributed by atoms with Crippen LogP contribution in [0, 0.1) is 0 Å². The number of nitrogens with zero attached hydrogens (tertiary/aromatic N) is 3. The van der Waals surface area contributed by atoms with Gasteiger partial charge in [-0.25, -0.2) is 4.68 Å². The number of aryl methyl sites for hydroxylation is 1. The fraction of sp³-hybridized carbons (Fsp3) is 0.357. The predicted molar refractivity (Wildman–Crippen MR) is 81.6 cm³/mol. The minimum atomic E-state index is -0.205. The van der Waals surface area contributed by atoms with E-state index >= 15 is 0 Å². The zero-order valence-electron chi connectivity index (χ0n) is 11.8. The molecule has 0 fully saturated rings. The summed E-state index contributed by atoms with van der Waals surface area (Å²) in [7, 11) is 1.57. The predicted octanol–water partition coefficient (Wildman–Crippen LogP) is 2.22. The molecule has 21 heavy (non-hydrogen) atoms. The molecule has 2 rings (SSSR count). The Morgan fingerprint density at radius 1 is 1.48 bits per heavy atom. The third kappa shape index (κ3) is 4.04. The minimum absolute atomic E-state index is 0.154. The van der Waals surface area contributed by atoms with Gasteiger partial charge in [0.1, 0.15) is 5.75 Å². The molecule has 0 amide bonds. The average molecular weight is 354 g/mol. The molecule has 0 aromatic carbocycles. The molecule has 0 saturated carbocycles. The lowest BCUT2D eigenvalue weighted by Crippen LogP contribution is -2.20. The average Bonchev–Trinajstić information content (AvgIpc) is 2.45. The van der Waals surface area contributed by atoms with Crippen molar-refractivity contribution >= 4 is 15.9 Å². The number of pyridine rings is 1. The molecule has 6 nitrogen and oxygen atoms in total. The second-order valence-electron chi connectivity index (χ2n) is 4.74. The van der Waals surface area contributed by atoms with E-state index in [4.69, 9.17) is 4.74 Å². The summed E-state index contributed by atoms with van der Waals surface area (Å²) in [5, 5.41) is 13.2. The number of aromatic hydroxyl groups is 1. The van der Waals surface area contributed by atoms with Crippen LogP contribution in [0.1, 0.15) is 25.0 Å². The molecule has 0 saturated heterocycles. The van der Waals surface area contributed by atoms with Crippen molar-refractivity contribution < 1.29 is 9.84 Å². The van der Waals surface area contributed by atoms with Crippen molar-refractivity contribution in [2.75, 3.05) is 6.61 Å². The summed E-state index contributed by atoms with van der Waals surface area (Å²) in [5.41, 5.74) is 0.690. The van der Waals surface area contributed by atoms with Crippen LogP contribution in [0.4, 0.5) is 0 Å². The molecule has 2 aromatic heterocycles. The van der Waals surface area contributed by atoms with E-state index in [1.54, 1.807) is 25.2 Å². The van der Waals surface area contributed by atoms with E-state index in [9.17, 15) is 9.90 Å². The maximum atomic E-state index is 11.5. The molecule has 0 bridgehead atoms. The summed E-state index contributed by atoms with van der Waals surface area (Å²) in [4.78, 5) is 15.7. The van der Waals surface area contributed by atoms with Crippen LogP contribution in [0.2, 0.25) is 0 Å². The highest BCUT2D eigenvalue weighted by molar-refractivity contribution is 9.10. The molecular weight excluding hydrogens is 338 g/mol. The fourth-order valence-corrected chi connectivity index (χ4v) is 2.25. The van der Waals surface area contributed by atoms with Crippen LogP contribution in [0.25, 0.3) is 0 Å². The normalized spacial score (nSPS) is 12.1. The lowest BCUT2D eigenvalue weighted by molar-refractivity contribution is 0.281. The fourth-order valence-electron chi connectivity index (χ4n) is 1.79. The number of hydrogen-bond donors (Lipinski definition) is 1. The van der Waals surface area contributed by atoms with Crippen LogP contribution in [0.5, 0.6) is 11.6 Å². The van der Waals surface area contributed by atoms with Crippen molar-refractivity contribution in [1.82, 2.24) is 14.8 Å². The van der Waals surface area contributed by atoms with Gasteiger partial charge >= 0.3 is 0 Å². The molecule has 2 heterocycles. The van der Waals surface area contributed by atoms with Gasteiger partial charge in [-0.1, -0.05) is 6.92 Å². The van der Waals surface area contributed by atoms with E-state index in [1.165, 1.54) is 10.9 Å². The number of halogens is 1. The number of ether oxygens (including phenoxy) is 1. The van der Waals surface area contributed by atoms with Crippen molar-refractivity contribution in [3.05, 3.63) is 44.9 Å². The summed E-state index contributed by atoms with van der Waals surface area (Å²) in [6, 6.07) is 4.97. The Balaban J connectivity index is 1.92. The second kappa shape index (κ2) is 6.71. The van der Waals surface area contributed by atoms with Crippen molar-refractivity contribution in [2.45, 2.75) is 19.3 Å². The monoisotopic (exact) mass is 353 g/mol. The van der Waals surface area contributed by atoms with Gasteiger partial charge in [0.25, 0.3) is 5.56 Å². The molecule has 0 radical (unpaired) electrons. The van der Waals surface area contributed by atoms with Crippen molar-refractivity contribution in [3.63, 3.8) is 0 Å². The van der Waals surface area contributed by atoms with Gasteiger partial charge in [0.2, 0.25) is 5.88 Å².